The standard InChI is InChI=1S/C12H7BrFN3/c13-7-1-3-10-9(5-7)12(17-16-10)11-4-2-8(14)6-15-11/h1-6H,(H,16,17). The fourth-order valence-electron chi connectivity index (χ4n) is 1.70. The number of aromatic nitrogens is 3. The van der Waals surface area contributed by atoms with Crippen molar-refractivity contribution in [2.75, 3.05) is 0 Å². The zero-order chi connectivity index (χ0) is 11.8. The highest BCUT2D eigenvalue weighted by molar-refractivity contribution is 9.10. The Bertz CT molecular complexity index is 676. The van der Waals surface area contributed by atoms with E-state index in [-0.39, 0.29) is 5.82 Å². The normalized spacial score (nSPS) is 10.9. The van der Waals surface area contributed by atoms with E-state index in [0.717, 1.165) is 21.1 Å². The van der Waals surface area contributed by atoms with Crippen LogP contribution in [0.5, 0.6) is 0 Å². The first-order chi connectivity index (χ1) is 8.24. The average molecular weight is 292 g/mol. The van der Waals surface area contributed by atoms with Crippen LogP contribution in [0.4, 0.5) is 4.39 Å². The molecule has 0 atom stereocenters. The van der Waals surface area contributed by atoms with Crippen molar-refractivity contribution in [2.45, 2.75) is 0 Å². The average Bonchev–Trinajstić information content (AvgIpc) is 2.73. The van der Waals surface area contributed by atoms with Gasteiger partial charge in [-0.05, 0) is 30.3 Å². The first-order valence-corrected chi connectivity index (χ1v) is 5.79. The van der Waals surface area contributed by atoms with Crippen LogP contribution < -0.4 is 0 Å². The molecule has 0 spiro atoms. The van der Waals surface area contributed by atoms with E-state index in [2.05, 4.69) is 31.1 Å². The summed E-state index contributed by atoms with van der Waals surface area (Å²) >= 11 is 3.41. The number of pyridine rings is 1. The quantitative estimate of drug-likeness (QED) is 0.745. The zero-order valence-electron chi connectivity index (χ0n) is 8.61. The maximum atomic E-state index is 12.8. The summed E-state index contributed by atoms with van der Waals surface area (Å²) < 4.78 is 13.8. The van der Waals surface area contributed by atoms with Crippen LogP contribution in [-0.2, 0) is 0 Å². The van der Waals surface area contributed by atoms with Crippen molar-refractivity contribution in [3.63, 3.8) is 0 Å². The van der Waals surface area contributed by atoms with Crippen LogP contribution >= 0.6 is 15.9 Å². The predicted octanol–water partition coefficient (Wildman–Crippen LogP) is 3.53. The minimum atomic E-state index is -0.352. The van der Waals surface area contributed by atoms with Crippen LogP contribution in [0.15, 0.2) is 41.0 Å². The molecule has 3 rings (SSSR count). The van der Waals surface area contributed by atoms with Crippen LogP contribution in [0.25, 0.3) is 22.3 Å². The number of halogens is 2. The first kappa shape index (κ1) is 10.4. The summed E-state index contributed by atoms with van der Waals surface area (Å²) in [5, 5.41) is 8.09. The molecule has 0 aliphatic carbocycles. The topological polar surface area (TPSA) is 41.6 Å². The van der Waals surface area contributed by atoms with E-state index >= 15 is 0 Å². The summed E-state index contributed by atoms with van der Waals surface area (Å²) in [6.45, 7) is 0. The Morgan fingerprint density at radius 3 is 2.82 bits per heavy atom. The number of nitrogens with zero attached hydrogens (tertiary/aromatic N) is 2. The lowest BCUT2D eigenvalue weighted by molar-refractivity contribution is 0.622. The smallest absolute Gasteiger partial charge is 0.141 e. The third-order valence-corrected chi connectivity index (χ3v) is 2.99. The molecule has 0 bridgehead atoms. The Morgan fingerprint density at radius 1 is 1.18 bits per heavy atom. The lowest BCUT2D eigenvalue weighted by Gasteiger charge is -1.97. The van der Waals surface area contributed by atoms with Gasteiger partial charge >= 0.3 is 0 Å². The number of hydrogen-bond donors (Lipinski definition) is 1. The van der Waals surface area contributed by atoms with Gasteiger partial charge in [0.15, 0.2) is 0 Å². The fourth-order valence-corrected chi connectivity index (χ4v) is 2.06. The molecule has 1 N–H and O–H groups in total. The van der Waals surface area contributed by atoms with Crippen LogP contribution in [0, 0.1) is 5.82 Å². The number of rotatable bonds is 1. The number of hydrogen-bond acceptors (Lipinski definition) is 2. The summed E-state index contributed by atoms with van der Waals surface area (Å²) in [7, 11) is 0. The van der Waals surface area contributed by atoms with Crippen LogP contribution in [0.2, 0.25) is 0 Å². The van der Waals surface area contributed by atoms with E-state index < -0.39 is 0 Å². The molecule has 2 heterocycles. The molecule has 0 saturated heterocycles. The molecule has 3 nitrogen and oxygen atoms in total. The molecular formula is C12H7BrFN3. The molecule has 2 aromatic heterocycles. The third kappa shape index (κ3) is 1.82. The van der Waals surface area contributed by atoms with Gasteiger partial charge in [0.25, 0.3) is 0 Å². The Morgan fingerprint density at radius 2 is 2.06 bits per heavy atom. The molecular weight excluding hydrogens is 285 g/mol. The summed E-state index contributed by atoms with van der Waals surface area (Å²) in [5.41, 5.74) is 2.30. The molecule has 0 radical (unpaired) electrons. The van der Waals surface area contributed by atoms with Crippen molar-refractivity contribution < 1.29 is 4.39 Å². The molecule has 0 aliphatic rings. The molecule has 84 valence electrons. The van der Waals surface area contributed by atoms with Crippen molar-refractivity contribution in [3.05, 3.63) is 46.8 Å². The molecule has 0 fully saturated rings. The molecule has 0 unspecified atom stereocenters. The van der Waals surface area contributed by atoms with Gasteiger partial charge in [0.1, 0.15) is 11.5 Å². The molecule has 0 saturated carbocycles. The molecule has 1 aromatic carbocycles. The molecule has 0 amide bonds. The maximum absolute atomic E-state index is 12.8. The minimum absolute atomic E-state index is 0.352. The highest BCUT2D eigenvalue weighted by Gasteiger charge is 2.09. The molecule has 0 aliphatic heterocycles. The minimum Gasteiger partial charge on any atom is -0.277 e. The Labute approximate surface area is 105 Å². The summed E-state index contributed by atoms with van der Waals surface area (Å²) in [6.07, 6.45) is 1.19. The van der Waals surface area contributed by atoms with E-state index in [4.69, 9.17) is 0 Å². The molecule has 5 heteroatoms. The van der Waals surface area contributed by atoms with E-state index in [1.807, 2.05) is 18.2 Å². The van der Waals surface area contributed by atoms with Crippen molar-refractivity contribution >= 4 is 26.8 Å². The molecule has 17 heavy (non-hydrogen) atoms. The summed E-state index contributed by atoms with van der Waals surface area (Å²) in [4.78, 5) is 4.03. The van der Waals surface area contributed by atoms with Gasteiger partial charge in [-0.1, -0.05) is 15.9 Å². The second-order valence-electron chi connectivity index (χ2n) is 3.62. The van der Waals surface area contributed by atoms with Gasteiger partial charge in [0, 0.05) is 9.86 Å². The van der Waals surface area contributed by atoms with Gasteiger partial charge in [-0.3, -0.25) is 10.1 Å². The SMILES string of the molecule is Fc1ccc(-c2n[nH]c3ccc(Br)cc23)nc1. The van der Waals surface area contributed by atoms with Crippen molar-refractivity contribution in [2.24, 2.45) is 0 Å². The van der Waals surface area contributed by atoms with E-state index in [1.54, 1.807) is 6.07 Å². The van der Waals surface area contributed by atoms with Crippen molar-refractivity contribution in [1.29, 1.82) is 0 Å². The van der Waals surface area contributed by atoms with E-state index in [9.17, 15) is 4.39 Å². The Kier molecular flexibility index (Phi) is 2.40. The summed E-state index contributed by atoms with van der Waals surface area (Å²) in [6, 6.07) is 8.81. The van der Waals surface area contributed by atoms with Crippen LogP contribution in [-0.4, -0.2) is 15.2 Å². The number of nitrogens with one attached hydrogen (secondary N) is 1. The van der Waals surface area contributed by atoms with Crippen molar-refractivity contribution in [1.82, 2.24) is 15.2 Å². The number of H-pyrrole nitrogens is 1. The maximum Gasteiger partial charge on any atom is 0.141 e. The number of benzene rings is 1. The first-order valence-electron chi connectivity index (χ1n) is 4.99. The Hall–Kier alpha value is -1.75. The largest absolute Gasteiger partial charge is 0.277 e. The third-order valence-electron chi connectivity index (χ3n) is 2.49. The van der Waals surface area contributed by atoms with E-state index in [0.29, 0.717) is 5.69 Å². The monoisotopic (exact) mass is 291 g/mol. The summed E-state index contributed by atoms with van der Waals surface area (Å²) in [5.74, 6) is -0.352. The van der Waals surface area contributed by atoms with Crippen LogP contribution in [0.1, 0.15) is 0 Å². The lowest BCUT2D eigenvalue weighted by atomic mass is 10.1. The van der Waals surface area contributed by atoms with E-state index in [1.165, 1.54) is 12.3 Å². The lowest BCUT2D eigenvalue weighted by Crippen LogP contribution is -1.85. The van der Waals surface area contributed by atoms with Gasteiger partial charge in [-0.2, -0.15) is 5.10 Å². The van der Waals surface area contributed by atoms with Gasteiger partial charge < -0.3 is 0 Å². The van der Waals surface area contributed by atoms with Crippen LogP contribution in [0.3, 0.4) is 0 Å². The molecule has 3 aromatic rings. The second-order valence-corrected chi connectivity index (χ2v) is 4.54. The number of fused-ring (bicyclic) bond motifs is 1. The predicted molar refractivity (Wildman–Crippen MR) is 67.0 cm³/mol. The fraction of sp³-hybridized carbons (Fsp3) is 0. The highest BCUT2D eigenvalue weighted by Crippen LogP contribution is 2.27. The van der Waals surface area contributed by atoms with Crippen molar-refractivity contribution in [3.8, 4) is 11.4 Å². The van der Waals surface area contributed by atoms with Gasteiger partial charge in [0.05, 0.1) is 17.4 Å². The highest BCUT2D eigenvalue weighted by atomic mass is 79.9. The zero-order valence-corrected chi connectivity index (χ0v) is 10.2. The van der Waals surface area contributed by atoms with Gasteiger partial charge in [-0.15, -0.1) is 0 Å². The second kappa shape index (κ2) is 3.92. The Balaban J connectivity index is 2.23. The number of aromatic amines is 1. The van der Waals surface area contributed by atoms with Gasteiger partial charge in [-0.25, -0.2) is 4.39 Å². The van der Waals surface area contributed by atoms with Gasteiger partial charge in [0.2, 0.25) is 0 Å².